The molecule has 2 heterocycles. The maximum atomic E-state index is 5.75. The van der Waals surface area contributed by atoms with Crippen LogP contribution in [0.4, 0.5) is 0 Å². The fourth-order valence-corrected chi connectivity index (χ4v) is 2.17. The van der Waals surface area contributed by atoms with E-state index in [1.807, 2.05) is 0 Å². The number of hydrogen-bond donors (Lipinski definition) is 2. The number of piperazine rings is 1. The van der Waals surface area contributed by atoms with Crippen molar-refractivity contribution >= 4 is 0 Å². The Labute approximate surface area is 86.0 Å². The van der Waals surface area contributed by atoms with Gasteiger partial charge in [-0.1, -0.05) is 6.92 Å². The minimum absolute atomic E-state index is 0.305. The molecule has 2 unspecified atom stereocenters. The molecule has 0 saturated carbocycles. The van der Waals surface area contributed by atoms with E-state index in [1.54, 1.807) is 0 Å². The molecule has 82 valence electrons. The topological polar surface area (TPSA) is 36.5 Å². The Morgan fingerprint density at radius 1 is 1.43 bits per heavy atom. The van der Waals surface area contributed by atoms with Crippen molar-refractivity contribution in [1.29, 1.82) is 0 Å². The molecule has 0 aromatic heterocycles. The van der Waals surface area contributed by atoms with Gasteiger partial charge in [-0.25, -0.2) is 0 Å². The van der Waals surface area contributed by atoms with Crippen molar-refractivity contribution in [3.63, 3.8) is 0 Å². The molecular formula is C10H21N3O. The summed E-state index contributed by atoms with van der Waals surface area (Å²) in [5, 5.41) is 6.90. The molecule has 4 heteroatoms. The molecular weight excluding hydrogens is 178 g/mol. The maximum absolute atomic E-state index is 5.75. The minimum Gasteiger partial charge on any atom is -0.360 e. The van der Waals surface area contributed by atoms with Crippen molar-refractivity contribution < 1.29 is 4.74 Å². The standard InChI is InChI=1S/C10H21N3O/c1-2-9-8-13(5-3-12-9)10-7-11-4-6-14-10/h9-12H,2-8H2,1H3. The highest BCUT2D eigenvalue weighted by Gasteiger charge is 2.26. The molecule has 0 aromatic carbocycles. The second-order valence-electron chi connectivity index (χ2n) is 4.08. The molecule has 2 aliphatic heterocycles. The van der Waals surface area contributed by atoms with Gasteiger partial charge < -0.3 is 15.4 Å². The van der Waals surface area contributed by atoms with E-state index in [-0.39, 0.29) is 0 Å². The highest BCUT2D eigenvalue weighted by molar-refractivity contribution is 4.81. The Bertz CT molecular complexity index is 171. The van der Waals surface area contributed by atoms with Crippen molar-refractivity contribution in [3.8, 4) is 0 Å². The molecule has 0 aromatic rings. The van der Waals surface area contributed by atoms with E-state index in [9.17, 15) is 0 Å². The summed E-state index contributed by atoms with van der Waals surface area (Å²) in [4.78, 5) is 2.46. The average Bonchev–Trinajstić information content (AvgIpc) is 2.30. The largest absolute Gasteiger partial charge is 0.360 e. The Balaban J connectivity index is 1.83. The van der Waals surface area contributed by atoms with Crippen LogP contribution in [0.1, 0.15) is 13.3 Å². The van der Waals surface area contributed by atoms with Crippen molar-refractivity contribution in [2.75, 3.05) is 39.3 Å². The van der Waals surface area contributed by atoms with Crippen molar-refractivity contribution in [1.82, 2.24) is 15.5 Å². The molecule has 0 bridgehead atoms. The number of nitrogens with zero attached hydrogens (tertiary/aromatic N) is 1. The number of rotatable bonds is 2. The smallest absolute Gasteiger partial charge is 0.123 e. The zero-order valence-corrected chi connectivity index (χ0v) is 8.96. The third kappa shape index (κ3) is 2.45. The van der Waals surface area contributed by atoms with Crippen LogP contribution in [0.2, 0.25) is 0 Å². The second kappa shape index (κ2) is 5.07. The zero-order chi connectivity index (χ0) is 9.80. The van der Waals surface area contributed by atoms with Gasteiger partial charge >= 0.3 is 0 Å². The van der Waals surface area contributed by atoms with Gasteiger partial charge in [0.15, 0.2) is 0 Å². The lowest BCUT2D eigenvalue weighted by atomic mass is 10.1. The SMILES string of the molecule is CCC1CN(C2CNCCO2)CCN1. The molecule has 0 amide bonds. The molecule has 2 rings (SSSR count). The molecule has 2 atom stereocenters. The Hall–Kier alpha value is -0.160. The van der Waals surface area contributed by atoms with Gasteiger partial charge in [-0.15, -0.1) is 0 Å². The summed E-state index contributed by atoms with van der Waals surface area (Å²) >= 11 is 0. The summed E-state index contributed by atoms with van der Waals surface area (Å²) in [5.74, 6) is 0. The molecule has 4 nitrogen and oxygen atoms in total. The minimum atomic E-state index is 0.305. The fraction of sp³-hybridized carbons (Fsp3) is 1.00. The summed E-state index contributed by atoms with van der Waals surface area (Å²) in [6.45, 7) is 8.41. The van der Waals surface area contributed by atoms with Crippen LogP contribution in [0.3, 0.4) is 0 Å². The van der Waals surface area contributed by atoms with Crippen molar-refractivity contribution in [3.05, 3.63) is 0 Å². The van der Waals surface area contributed by atoms with E-state index in [0.29, 0.717) is 12.3 Å². The van der Waals surface area contributed by atoms with Gasteiger partial charge in [0.25, 0.3) is 0 Å². The average molecular weight is 199 g/mol. The number of morpholine rings is 1. The van der Waals surface area contributed by atoms with Crippen LogP contribution in [0, 0.1) is 0 Å². The summed E-state index contributed by atoms with van der Waals surface area (Å²) in [6.07, 6.45) is 1.51. The monoisotopic (exact) mass is 199 g/mol. The first-order valence-electron chi connectivity index (χ1n) is 5.70. The van der Waals surface area contributed by atoms with Crippen molar-refractivity contribution in [2.45, 2.75) is 25.6 Å². The number of hydrogen-bond acceptors (Lipinski definition) is 4. The normalized spacial score (nSPS) is 35.8. The maximum Gasteiger partial charge on any atom is 0.123 e. The predicted molar refractivity (Wildman–Crippen MR) is 56.3 cm³/mol. The fourth-order valence-electron chi connectivity index (χ4n) is 2.17. The van der Waals surface area contributed by atoms with Crippen LogP contribution >= 0.6 is 0 Å². The van der Waals surface area contributed by atoms with Crippen LogP contribution in [-0.2, 0) is 4.74 Å². The van der Waals surface area contributed by atoms with Gasteiger partial charge in [0, 0.05) is 38.8 Å². The lowest BCUT2D eigenvalue weighted by molar-refractivity contribution is -0.0842. The van der Waals surface area contributed by atoms with Gasteiger partial charge in [0.05, 0.1) is 6.61 Å². The number of nitrogens with one attached hydrogen (secondary N) is 2. The third-order valence-electron chi connectivity index (χ3n) is 3.10. The van der Waals surface area contributed by atoms with Crippen LogP contribution in [0.5, 0.6) is 0 Å². The predicted octanol–water partition coefficient (Wildman–Crippen LogP) is -0.384. The first-order chi connectivity index (χ1) is 6.90. The number of ether oxygens (including phenoxy) is 1. The van der Waals surface area contributed by atoms with Crippen LogP contribution in [0.15, 0.2) is 0 Å². The van der Waals surface area contributed by atoms with E-state index in [2.05, 4.69) is 22.5 Å². The molecule has 2 saturated heterocycles. The van der Waals surface area contributed by atoms with E-state index in [1.165, 1.54) is 6.42 Å². The highest BCUT2D eigenvalue weighted by atomic mass is 16.5. The van der Waals surface area contributed by atoms with Crippen LogP contribution in [0.25, 0.3) is 0 Å². The van der Waals surface area contributed by atoms with Gasteiger partial charge in [-0.05, 0) is 6.42 Å². The molecule has 2 aliphatic rings. The van der Waals surface area contributed by atoms with Gasteiger partial charge in [-0.3, -0.25) is 4.90 Å². The quantitative estimate of drug-likeness (QED) is 0.635. The van der Waals surface area contributed by atoms with Gasteiger partial charge in [0.1, 0.15) is 6.23 Å². The first kappa shape index (κ1) is 10.4. The summed E-state index contributed by atoms with van der Waals surface area (Å²) in [7, 11) is 0. The summed E-state index contributed by atoms with van der Waals surface area (Å²) < 4.78 is 5.75. The highest BCUT2D eigenvalue weighted by Crippen LogP contribution is 2.09. The Kier molecular flexibility index (Phi) is 3.75. The lowest BCUT2D eigenvalue weighted by Crippen LogP contribution is -2.58. The van der Waals surface area contributed by atoms with E-state index >= 15 is 0 Å². The molecule has 0 aliphatic carbocycles. The first-order valence-corrected chi connectivity index (χ1v) is 5.70. The molecule has 2 fully saturated rings. The Morgan fingerprint density at radius 3 is 3.07 bits per heavy atom. The van der Waals surface area contributed by atoms with E-state index < -0.39 is 0 Å². The van der Waals surface area contributed by atoms with Gasteiger partial charge in [-0.2, -0.15) is 0 Å². The third-order valence-corrected chi connectivity index (χ3v) is 3.10. The molecule has 14 heavy (non-hydrogen) atoms. The molecule has 0 radical (unpaired) electrons. The van der Waals surface area contributed by atoms with E-state index in [4.69, 9.17) is 4.74 Å². The second-order valence-corrected chi connectivity index (χ2v) is 4.08. The van der Waals surface area contributed by atoms with Crippen LogP contribution < -0.4 is 10.6 Å². The van der Waals surface area contributed by atoms with Crippen LogP contribution in [-0.4, -0.2) is 56.5 Å². The molecule has 2 N–H and O–H groups in total. The Morgan fingerprint density at radius 2 is 2.36 bits per heavy atom. The van der Waals surface area contributed by atoms with Crippen molar-refractivity contribution in [2.24, 2.45) is 0 Å². The molecule has 0 spiro atoms. The van der Waals surface area contributed by atoms with Gasteiger partial charge in [0.2, 0.25) is 0 Å². The summed E-state index contributed by atoms with van der Waals surface area (Å²) in [6, 6.07) is 0.647. The summed E-state index contributed by atoms with van der Waals surface area (Å²) in [5.41, 5.74) is 0. The van der Waals surface area contributed by atoms with E-state index in [0.717, 1.165) is 39.3 Å². The zero-order valence-electron chi connectivity index (χ0n) is 8.96. The lowest BCUT2D eigenvalue weighted by Gasteiger charge is -2.40.